The van der Waals surface area contributed by atoms with Crippen molar-refractivity contribution in [1.82, 2.24) is 14.8 Å². The maximum Gasteiger partial charge on any atom is 0.229 e. The summed E-state index contributed by atoms with van der Waals surface area (Å²) < 4.78 is 0. The number of likely N-dealkylation sites (tertiary alicyclic amines) is 1. The summed E-state index contributed by atoms with van der Waals surface area (Å²) in [5.41, 5.74) is 0.467. The van der Waals surface area contributed by atoms with Gasteiger partial charge >= 0.3 is 0 Å². The number of amides is 2. The molecule has 2 aliphatic heterocycles. The average Bonchev–Trinajstić information content (AvgIpc) is 2.73. The Balaban J connectivity index is 1.38. The third-order valence-corrected chi connectivity index (χ3v) is 6.30. The van der Waals surface area contributed by atoms with Gasteiger partial charge in [-0.1, -0.05) is 20.3 Å². The summed E-state index contributed by atoms with van der Waals surface area (Å²) in [5, 5.41) is 9.27. The molecule has 3 rings (SSSR count). The molecule has 0 saturated carbocycles. The lowest BCUT2D eigenvalue weighted by molar-refractivity contribution is -0.153. The van der Waals surface area contributed by atoms with Gasteiger partial charge in [0.15, 0.2) is 0 Å². The number of aromatic nitrogens is 1. The maximum atomic E-state index is 12.5. The zero-order chi connectivity index (χ0) is 21.6. The second-order valence-corrected chi connectivity index (χ2v) is 8.88. The number of nitrogens with zero attached hydrogens (tertiary/aromatic N) is 5. The van der Waals surface area contributed by atoms with Crippen LogP contribution in [0.2, 0.25) is 0 Å². The van der Waals surface area contributed by atoms with Crippen molar-refractivity contribution in [2.75, 3.05) is 44.2 Å². The van der Waals surface area contributed by atoms with E-state index in [0.29, 0.717) is 24.9 Å². The monoisotopic (exact) mass is 411 g/mol. The third kappa shape index (κ3) is 5.37. The minimum absolute atomic E-state index is 0.000488. The standard InChI is InChI=1S/C23H33N5O2/c1-3-8-23(2)16-20(29)28(21(30)17-23)11-5-4-10-26-12-14-27(15-13-26)22-19(18-24)7-6-9-25-22/h6-7,9H,3-5,8,10-17H2,1-2H3. The normalized spacial score (nSPS) is 19.8. The van der Waals surface area contributed by atoms with Gasteiger partial charge in [0.2, 0.25) is 11.8 Å². The number of anilines is 1. The lowest BCUT2D eigenvalue weighted by atomic mass is 9.76. The van der Waals surface area contributed by atoms with E-state index in [1.54, 1.807) is 12.3 Å². The van der Waals surface area contributed by atoms with E-state index >= 15 is 0 Å². The molecule has 2 fully saturated rings. The molecule has 0 bridgehead atoms. The number of unbranched alkanes of at least 4 members (excludes halogenated alkanes) is 1. The van der Waals surface area contributed by atoms with Gasteiger partial charge < -0.3 is 4.90 Å². The molecule has 0 atom stereocenters. The van der Waals surface area contributed by atoms with Crippen LogP contribution in [0.15, 0.2) is 18.3 Å². The van der Waals surface area contributed by atoms with Gasteiger partial charge in [0, 0.05) is 51.8 Å². The average molecular weight is 412 g/mol. The largest absolute Gasteiger partial charge is 0.353 e. The van der Waals surface area contributed by atoms with E-state index in [1.165, 1.54) is 4.90 Å². The van der Waals surface area contributed by atoms with Crippen molar-refractivity contribution < 1.29 is 9.59 Å². The van der Waals surface area contributed by atoms with Crippen LogP contribution < -0.4 is 4.90 Å². The fourth-order valence-electron chi connectivity index (χ4n) is 4.68. The highest BCUT2D eigenvalue weighted by molar-refractivity contribution is 5.98. The number of nitriles is 1. The van der Waals surface area contributed by atoms with Crippen molar-refractivity contribution in [1.29, 1.82) is 5.26 Å². The predicted octanol–water partition coefficient (Wildman–Crippen LogP) is 2.81. The number of carbonyl (C=O) groups excluding carboxylic acids is 2. The Bertz CT molecular complexity index is 777. The number of rotatable bonds is 8. The van der Waals surface area contributed by atoms with Crippen LogP contribution in [0, 0.1) is 16.7 Å². The molecule has 2 saturated heterocycles. The van der Waals surface area contributed by atoms with Gasteiger partial charge in [0.25, 0.3) is 0 Å². The van der Waals surface area contributed by atoms with Gasteiger partial charge in [-0.25, -0.2) is 4.98 Å². The van der Waals surface area contributed by atoms with E-state index in [0.717, 1.165) is 64.2 Å². The van der Waals surface area contributed by atoms with Crippen molar-refractivity contribution in [3.63, 3.8) is 0 Å². The van der Waals surface area contributed by atoms with Crippen LogP contribution >= 0.6 is 0 Å². The molecule has 2 aliphatic rings. The highest BCUT2D eigenvalue weighted by atomic mass is 16.2. The van der Waals surface area contributed by atoms with Gasteiger partial charge in [-0.15, -0.1) is 0 Å². The predicted molar refractivity (Wildman–Crippen MR) is 116 cm³/mol. The van der Waals surface area contributed by atoms with Gasteiger partial charge in [0.1, 0.15) is 11.9 Å². The second-order valence-electron chi connectivity index (χ2n) is 8.88. The lowest BCUT2D eigenvalue weighted by Gasteiger charge is -2.37. The highest BCUT2D eigenvalue weighted by Gasteiger charge is 2.39. The first-order chi connectivity index (χ1) is 14.5. The summed E-state index contributed by atoms with van der Waals surface area (Å²) in [4.78, 5) is 35.4. The smallest absolute Gasteiger partial charge is 0.229 e. The van der Waals surface area contributed by atoms with Crippen LogP contribution in [0.3, 0.4) is 0 Å². The zero-order valence-corrected chi connectivity index (χ0v) is 18.3. The van der Waals surface area contributed by atoms with E-state index in [1.807, 2.05) is 6.07 Å². The molecule has 7 heteroatoms. The first-order valence-corrected chi connectivity index (χ1v) is 11.1. The molecule has 0 N–H and O–H groups in total. The minimum atomic E-state index is -0.155. The van der Waals surface area contributed by atoms with E-state index in [2.05, 4.69) is 34.7 Å². The van der Waals surface area contributed by atoms with Gasteiger partial charge in [-0.05, 0) is 43.4 Å². The van der Waals surface area contributed by atoms with Crippen molar-refractivity contribution in [2.45, 2.75) is 52.4 Å². The first-order valence-electron chi connectivity index (χ1n) is 11.1. The Hall–Kier alpha value is -2.46. The van der Waals surface area contributed by atoms with Crippen LogP contribution in [0.25, 0.3) is 0 Å². The molecule has 3 heterocycles. The van der Waals surface area contributed by atoms with Crippen LogP contribution in [0.5, 0.6) is 0 Å². The van der Waals surface area contributed by atoms with E-state index in [9.17, 15) is 14.9 Å². The molecule has 162 valence electrons. The molecule has 0 spiro atoms. The molecule has 2 amide bonds. The molecule has 30 heavy (non-hydrogen) atoms. The van der Waals surface area contributed by atoms with E-state index in [4.69, 9.17) is 0 Å². The number of imide groups is 1. The van der Waals surface area contributed by atoms with Crippen LogP contribution in [0.1, 0.15) is 57.9 Å². The van der Waals surface area contributed by atoms with Crippen molar-refractivity contribution in [3.05, 3.63) is 23.9 Å². The molecule has 0 unspecified atom stereocenters. The molecule has 0 radical (unpaired) electrons. The Kier molecular flexibility index (Phi) is 7.43. The summed E-state index contributed by atoms with van der Waals surface area (Å²) >= 11 is 0. The quantitative estimate of drug-likeness (QED) is 0.483. The summed E-state index contributed by atoms with van der Waals surface area (Å²) in [7, 11) is 0. The second kappa shape index (κ2) is 10.0. The summed E-state index contributed by atoms with van der Waals surface area (Å²) in [6, 6.07) is 5.82. The molecule has 0 aromatic carbocycles. The highest BCUT2D eigenvalue weighted by Crippen LogP contribution is 2.36. The van der Waals surface area contributed by atoms with Gasteiger partial charge in [-0.2, -0.15) is 5.26 Å². The third-order valence-electron chi connectivity index (χ3n) is 6.30. The van der Waals surface area contributed by atoms with Gasteiger partial charge in [-0.3, -0.25) is 19.4 Å². The maximum absolute atomic E-state index is 12.5. The Morgan fingerprint density at radius 2 is 1.77 bits per heavy atom. The summed E-state index contributed by atoms with van der Waals surface area (Å²) in [6.07, 6.45) is 6.47. The molecule has 1 aromatic heterocycles. The Morgan fingerprint density at radius 3 is 2.40 bits per heavy atom. The fraction of sp³-hybridized carbons (Fsp3) is 0.652. The SMILES string of the molecule is CCCC1(C)CC(=O)N(CCCCN2CCN(c3ncccc3C#N)CC2)C(=O)C1. The lowest BCUT2D eigenvalue weighted by Crippen LogP contribution is -2.48. The Morgan fingerprint density at radius 1 is 1.10 bits per heavy atom. The van der Waals surface area contributed by atoms with Crippen LogP contribution in [-0.4, -0.2) is 65.9 Å². The van der Waals surface area contributed by atoms with Crippen molar-refractivity contribution in [3.8, 4) is 6.07 Å². The minimum Gasteiger partial charge on any atom is -0.353 e. The number of hydrogen-bond donors (Lipinski definition) is 0. The molecular formula is C23H33N5O2. The fourth-order valence-corrected chi connectivity index (χ4v) is 4.68. The molecular weight excluding hydrogens is 378 g/mol. The molecule has 7 nitrogen and oxygen atoms in total. The number of hydrogen-bond acceptors (Lipinski definition) is 6. The molecule has 1 aromatic rings. The first kappa shape index (κ1) is 22.2. The topological polar surface area (TPSA) is 80.5 Å². The van der Waals surface area contributed by atoms with Gasteiger partial charge in [0.05, 0.1) is 5.56 Å². The Labute approximate surface area is 179 Å². The van der Waals surface area contributed by atoms with Crippen molar-refractivity contribution in [2.24, 2.45) is 5.41 Å². The number of pyridine rings is 1. The number of piperidine rings is 1. The van der Waals surface area contributed by atoms with Crippen LogP contribution in [0.4, 0.5) is 5.82 Å². The number of piperazine rings is 1. The molecule has 0 aliphatic carbocycles. The summed E-state index contributed by atoms with van der Waals surface area (Å²) in [5.74, 6) is 0.774. The van der Waals surface area contributed by atoms with Crippen LogP contribution in [-0.2, 0) is 9.59 Å². The van der Waals surface area contributed by atoms with Crippen molar-refractivity contribution >= 4 is 17.6 Å². The van der Waals surface area contributed by atoms with E-state index < -0.39 is 0 Å². The summed E-state index contributed by atoms with van der Waals surface area (Å²) in [6.45, 7) is 9.23. The number of carbonyl (C=O) groups is 2. The van der Waals surface area contributed by atoms with E-state index in [-0.39, 0.29) is 17.2 Å². The zero-order valence-electron chi connectivity index (χ0n) is 18.3.